The van der Waals surface area contributed by atoms with Crippen molar-refractivity contribution in [3.05, 3.63) is 68.7 Å². The Morgan fingerprint density at radius 2 is 1.40 bits per heavy atom. The van der Waals surface area contributed by atoms with Crippen molar-refractivity contribution in [2.45, 2.75) is 33.7 Å². The van der Waals surface area contributed by atoms with E-state index in [4.69, 9.17) is 11.6 Å². The van der Waals surface area contributed by atoms with Gasteiger partial charge in [-0.2, -0.15) is 0 Å². The molecule has 2 aromatic carbocycles. The van der Waals surface area contributed by atoms with Crippen LogP contribution in [-0.2, 0) is 0 Å². The Labute approximate surface area is 127 Å². The van der Waals surface area contributed by atoms with Gasteiger partial charge in [-0.05, 0) is 80.3 Å². The molecule has 0 radical (unpaired) electrons. The van der Waals surface area contributed by atoms with E-state index in [0.29, 0.717) is 0 Å². The van der Waals surface area contributed by atoms with Gasteiger partial charge < -0.3 is 5.32 Å². The van der Waals surface area contributed by atoms with Gasteiger partial charge in [0.1, 0.15) is 0 Å². The largest absolute Gasteiger partial charge is 0.309 e. The third kappa shape index (κ3) is 2.89. The molecule has 1 unspecified atom stereocenters. The van der Waals surface area contributed by atoms with Crippen molar-refractivity contribution >= 4 is 11.6 Å². The van der Waals surface area contributed by atoms with Crippen LogP contribution in [-0.4, -0.2) is 7.05 Å². The van der Waals surface area contributed by atoms with Crippen molar-refractivity contribution in [3.63, 3.8) is 0 Å². The van der Waals surface area contributed by atoms with Crippen LogP contribution in [0.25, 0.3) is 0 Å². The van der Waals surface area contributed by atoms with Gasteiger partial charge in [-0.3, -0.25) is 0 Å². The fourth-order valence-corrected chi connectivity index (χ4v) is 2.88. The summed E-state index contributed by atoms with van der Waals surface area (Å²) in [6, 6.07) is 10.8. The Bertz CT molecular complexity index is 632. The summed E-state index contributed by atoms with van der Waals surface area (Å²) in [7, 11) is 2.00. The summed E-state index contributed by atoms with van der Waals surface area (Å²) in [5, 5.41) is 4.22. The number of rotatable bonds is 3. The third-order valence-corrected chi connectivity index (χ3v) is 4.27. The first kappa shape index (κ1) is 15.1. The summed E-state index contributed by atoms with van der Waals surface area (Å²) in [5.74, 6) is 0. The predicted octanol–water partition coefficient (Wildman–Crippen LogP) is 4.88. The normalized spacial score (nSPS) is 12.5. The lowest BCUT2D eigenvalue weighted by atomic mass is 9.90. The van der Waals surface area contributed by atoms with Crippen LogP contribution in [0.3, 0.4) is 0 Å². The first-order chi connectivity index (χ1) is 9.43. The Balaban J connectivity index is 2.58. The molecule has 0 amide bonds. The molecular weight excluding hydrogens is 266 g/mol. The standard InChI is InChI=1S/C18H22ClN/c1-11-6-7-15(19)10-17(11)18(20-5)16-9-13(3)12(2)8-14(16)4/h6-10,18,20H,1-5H3. The lowest BCUT2D eigenvalue weighted by molar-refractivity contribution is 0.682. The summed E-state index contributed by atoms with van der Waals surface area (Å²) in [6.45, 7) is 8.62. The topological polar surface area (TPSA) is 12.0 Å². The van der Waals surface area contributed by atoms with Gasteiger partial charge in [0, 0.05) is 5.02 Å². The van der Waals surface area contributed by atoms with E-state index >= 15 is 0 Å². The first-order valence-electron chi connectivity index (χ1n) is 6.95. The molecule has 0 saturated carbocycles. The quantitative estimate of drug-likeness (QED) is 0.848. The second-order valence-electron chi connectivity index (χ2n) is 5.52. The Morgan fingerprint density at radius 3 is 2.05 bits per heavy atom. The molecule has 2 heteroatoms. The van der Waals surface area contributed by atoms with Crippen LogP contribution in [0.1, 0.15) is 39.4 Å². The van der Waals surface area contributed by atoms with E-state index in [2.05, 4.69) is 57.3 Å². The second-order valence-corrected chi connectivity index (χ2v) is 5.95. The van der Waals surface area contributed by atoms with E-state index < -0.39 is 0 Å². The van der Waals surface area contributed by atoms with E-state index in [0.717, 1.165) is 5.02 Å². The molecule has 2 aromatic rings. The van der Waals surface area contributed by atoms with Gasteiger partial charge in [-0.1, -0.05) is 29.8 Å². The molecule has 0 bridgehead atoms. The fraction of sp³-hybridized carbons (Fsp3) is 0.333. The third-order valence-electron chi connectivity index (χ3n) is 4.03. The number of halogens is 1. The van der Waals surface area contributed by atoms with Gasteiger partial charge in [-0.25, -0.2) is 0 Å². The van der Waals surface area contributed by atoms with E-state index in [1.807, 2.05) is 13.1 Å². The molecule has 0 aliphatic heterocycles. The van der Waals surface area contributed by atoms with Crippen molar-refractivity contribution in [1.29, 1.82) is 0 Å². The number of hydrogen-bond donors (Lipinski definition) is 1. The van der Waals surface area contributed by atoms with Crippen molar-refractivity contribution in [2.75, 3.05) is 7.05 Å². The molecule has 0 heterocycles. The summed E-state index contributed by atoms with van der Waals surface area (Å²) in [4.78, 5) is 0. The number of aryl methyl sites for hydroxylation is 4. The smallest absolute Gasteiger partial charge is 0.0580 e. The second kappa shape index (κ2) is 5.99. The molecule has 20 heavy (non-hydrogen) atoms. The van der Waals surface area contributed by atoms with Crippen molar-refractivity contribution in [1.82, 2.24) is 5.32 Å². The Morgan fingerprint density at radius 1 is 0.800 bits per heavy atom. The summed E-state index contributed by atoms with van der Waals surface area (Å²) < 4.78 is 0. The maximum absolute atomic E-state index is 6.17. The summed E-state index contributed by atoms with van der Waals surface area (Å²) in [6.07, 6.45) is 0. The molecule has 2 rings (SSSR count). The van der Waals surface area contributed by atoms with E-state index in [1.54, 1.807) is 0 Å². The molecule has 0 fully saturated rings. The predicted molar refractivity (Wildman–Crippen MR) is 87.7 cm³/mol. The fourth-order valence-electron chi connectivity index (χ4n) is 2.69. The van der Waals surface area contributed by atoms with Crippen LogP contribution in [0.15, 0.2) is 30.3 Å². The van der Waals surface area contributed by atoms with Gasteiger partial charge in [0.25, 0.3) is 0 Å². The molecule has 0 aromatic heterocycles. The van der Waals surface area contributed by atoms with Gasteiger partial charge in [-0.15, -0.1) is 0 Å². The molecule has 0 saturated heterocycles. The molecular formula is C18H22ClN. The maximum Gasteiger partial charge on any atom is 0.0580 e. The highest BCUT2D eigenvalue weighted by atomic mass is 35.5. The van der Waals surface area contributed by atoms with Crippen LogP contribution in [0.2, 0.25) is 5.02 Å². The minimum Gasteiger partial charge on any atom is -0.309 e. The highest BCUT2D eigenvalue weighted by molar-refractivity contribution is 6.30. The highest BCUT2D eigenvalue weighted by Gasteiger charge is 2.17. The Hall–Kier alpha value is -1.31. The average Bonchev–Trinajstić information content (AvgIpc) is 2.40. The minimum atomic E-state index is 0.174. The van der Waals surface area contributed by atoms with Crippen LogP contribution in [0.5, 0.6) is 0 Å². The van der Waals surface area contributed by atoms with Crippen molar-refractivity contribution in [3.8, 4) is 0 Å². The zero-order valence-corrected chi connectivity index (χ0v) is 13.6. The van der Waals surface area contributed by atoms with E-state index in [1.165, 1.54) is 33.4 Å². The van der Waals surface area contributed by atoms with Gasteiger partial charge in [0.15, 0.2) is 0 Å². The molecule has 1 atom stereocenters. The number of hydrogen-bond acceptors (Lipinski definition) is 1. The zero-order valence-electron chi connectivity index (χ0n) is 12.8. The summed E-state index contributed by atoms with van der Waals surface area (Å²) in [5.41, 5.74) is 7.79. The van der Waals surface area contributed by atoms with Gasteiger partial charge in [0.2, 0.25) is 0 Å². The number of benzene rings is 2. The average molecular weight is 288 g/mol. The Kier molecular flexibility index (Phi) is 4.52. The van der Waals surface area contributed by atoms with Crippen LogP contribution < -0.4 is 5.32 Å². The molecule has 0 aliphatic rings. The zero-order chi connectivity index (χ0) is 14.9. The first-order valence-corrected chi connectivity index (χ1v) is 7.33. The van der Waals surface area contributed by atoms with Crippen molar-refractivity contribution in [2.24, 2.45) is 0 Å². The molecule has 0 aliphatic carbocycles. The lowest BCUT2D eigenvalue weighted by Crippen LogP contribution is -2.20. The monoisotopic (exact) mass is 287 g/mol. The lowest BCUT2D eigenvalue weighted by Gasteiger charge is -2.23. The van der Waals surface area contributed by atoms with Crippen LogP contribution in [0, 0.1) is 27.7 Å². The van der Waals surface area contributed by atoms with Crippen LogP contribution >= 0.6 is 11.6 Å². The molecule has 0 spiro atoms. The summed E-state index contributed by atoms with van der Waals surface area (Å²) >= 11 is 6.17. The van der Waals surface area contributed by atoms with E-state index in [9.17, 15) is 0 Å². The van der Waals surface area contributed by atoms with Crippen LogP contribution in [0.4, 0.5) is 0 Å². The maximum atomic E-state index is 6.17. The SMILES string of the molecule is CNC(c1cc(Cl)ccc1C)c1cc(C)c(C)cc1C. The molecule has 1 N–H and O–H groups in total. The molecule has 1 nitrogen and oxygen atoms in total. The van der Waals surface area contributed by atoms with Gasteiger partial charge >= 0.3 is 0 Å². The minimum absolute atomic E-state index is 0.174. The molecule has 106 valence electrons. The highest BCUT2D eigenvalue weighted by Crippen LogP contribution is 2.30. The van der Waals surface area contributed by atoms with Crippen molar-refractivity contribution < 1.29 is 0 Å². The number of nitrogens with one attached hydrogen (secondary N) is 1. The van der Waals surface area contributed by atoms with E-state index in [-0.39, 0.29) is 6.04 Å². The van der Waals surface area contributed by atoms with Gasteiger partial charge in [0.05, 0.1) is 6.04 Å².